The third-order valence-electron chi connectivity index (χ3n) is 2.90. The van der Waals surface area contributed by atoms with Gasteiger partial charge in [0.05, 0.1) is 17.5 Å². The van der Waals surface area contributed by atoms with E-state index in [1.807, 2.05) is 20.2 Å². The van der Waals surface area contributed by atoms with E-state index in [0.717, 1.165) is 24.5 Å². The summed E-state index contributed by atoms with van der Waals surface area (Å²) in [7, 11) is 1.89. The van der Waals surface area contributed by atoms with Crippen molar-refractivity contribution in [3.05, 3.63) is 11.9 Å². The molecule has 17 heavy (non-hydrogen) atoms. The molecule has 0 saturated heterocycles. The molecule has 0 radical (unpaired) electrons. The van der Waals surface area contributed by atoms with Crippen molar-refractivity contribution in [2.75, 3.05) is 31.5 Å². The molecule has 1 unspecified atom stereocenters. The monoisotopic (exact) mass is 240 g/mol. The van der Waals surface area contributed by atoms with Crippen LogP contribution in [0.4, 0.5) is 5.69 Å². The van der Waals surface area contributed by atoms with Crippen molar-refractivity contribution in [1.29, 1.82) is 0 Å². The summed E-state index contributed by atoms with van der Waals surface area (Å²) >= 11 is 0. The van der Waals surface area contributed by atoms with Crippen molar-refractivity contribution in [3.63, 3.8) is 0 Å². The highest BCUT2D eigenvalue weighted by atomic mass is 16.3. The van der Waals surface area contributed by atoms with Crippen LogP contribution >= 0.6 is 0 Å². The lowest BCUT2D eigenvalue weighted by atomic mass is 10.3. The first-order valence-corrected chi connectivity index (χ1v) is 6.21. The number of nitrogens with one attached hydrogen (secondary N) is 1. The summed E-state index contributed by atoms with van der Waals surface area (Å²) in [6.07, 6.45) is 1.58. The average molecular weight is 240 g/mol. The molecule has 0 saturated carbocycles. The van der Waals surface area contributed by atoms with E-state index in [9.17, 15) is 5.11 Å². The smallest absolute Gasteiger partial charge is 0.0839 e. The topological polar surface area (TPSA) is 53.3 Å². The predicted octanol–water partition coefficient (Wildman–Crippen LogP) is 0.843. The number of likely N-dealkylation sites (N-methyl/N-ethyl adjacent to an activating group) is 1. The van der Waals surface area contributed by atoms with Crippen LogP contribution in [0.5, 0.6) is 0 Å². The van der Waals surface area contributed by atoms with Gasteiger partial charge < -0.3 is 15.3 Å². The van der Waals surface area contributed by atoms with Gasteiger partial charge in [-0.1, -0.05) is 13.8 Å². The van der Waals surface area contributed by atoms with Gasteiger partial charge in [0.2, 0.25) is 0 Å². The molecule has 1 aromatic heterocycles. The van der Waals surface area contributed by atoms with Gasteiger partial charge in [0.25, 0.3) is 0 Å². The molecule has 0 aromatic carbocycles. The fourth-order valence-corrected chi connectivity index (χ4v) is 1.85. The van der Waals surface area contributed by atoms with Crippen LogP contribution in [0.1, 0.15) is 19.5 Å². The highest BCUT2D eigenvalue weighted by Crippen LogP contribution is 2.11. The lowest BCUT2D eigenvalue weighted by molar-refractivity contribution is 0.128. The van der Waals surface area contributed by atoms with Gasteiger partial charge in [-0.15, -0.1) is 0 Å². The summed E-state index contributed by atoms with van der Waals surface area (Å²) in [5.74, 6) is 0. The highest BCUT2D eigenvalue weighted by Gasteiger charge is 2.10. The van der Waals surface area contributed by atoms with Crippen LogP contribution in [0.15, 0.2) is 6.20 Å². The Bertz CT molecular complexity index is 333. The van der Waals surface area contributed by atoms with Crippen molar-refractivity contribution in [2.24, 2.45) is 7.05 Å². The number of nitrogens with zero attached hydrogens (tertiary/aromatic N) is 3. The number of anilines is 1. The molecule has 0 aliphatic rings. The van der Waals surface area contributed by atoms with E-state index in [0.29, 0.717) is 13.1 Å². The number of rotatable bonds is 7. The molecule has 1 atom stereocenters. The largest absolute Gasteiger partial charge is 0.390 e. The van der Waals surface area contributed by atoms with Gasteiger partial charge in [0, 0.05) is 26.3 Å². The van der Waals surface area contributed by atoms with Crippen LogP contribution in [0.25, 0.3) is 0 Å². The maximum atomic E-state index is 9.91. The lowest BCUT2D eigenvalue weighted by Crippen LogP contribution is -2.35. The normalized spacial score (nSPS) is 13.1. The van der Waals surface area contributed by atoms with Gasteiger partial charge in [-0.25, -0.2) is 0 Å². The maximum absolute atomic E-state index is 9.91. The summed E-state index contributed by atoms with van der Waals surface area (Å²) < 4.78 is 1.77. The molecule has 0 aliphatic heterocycles. The molecule has 5 nitrogen and oxygen atoms in total. The van der Waals surface area contributed by atoms with Gasteiger partial charge >= 0.3 is 0 Å². The van der Waals surface area contributed by atoms with Gasteiger partial charge in [-0.2, -0.15) is 5.10 Å². The molecule has 5 heteroatoms. The van der Waals surface area contributed by atoms with Gasteiger partial charge in [-0.3, -0.25) is 4.68 Å². The first-order chi connectivity index (χ1) is 8.06. The van der Waals surface area contributed by atoms with Crippen LogP contribution in [-0.2, 0) is 7.05 Å². The second-order valence-corrected chi connectivity index (χ2v) is 4.32. The molecule has 1 heterocycles. The molecule has 1 aromatic rings. The number of hydrogen-bond donors (Lipinski definition) is 2. The Morgan fingerprint density at radius 2 is 2.12 bits per heavy atom. The number of hydrogen-bond acceptors (Lipinski definition) is 4. The third-order valence-corrected chi connectivity index (χ3v) is 2.90. The van der Waals surface area contributed by atoms with Crippen molar-refractivity contribution in [3.8, 4) is 0 Å². The standard InChI is InChI=1S/C12H24N4O/c1-5-16(6-2)8-11(17)7-13-12-9-15(4)14-10(12)3/h9,11,13,17H,5-8H2,1-4H3. The van der Waals surface area contributed by atoms with Gasteiger partial charge in [0.15, 0.2) is 0 Å². The molecule has 0 spiro atoms. The van der Waals surface area contributed by atoms with Crippen LogP contribution < -0.4 is 5.32 Å². The summed E-state index contributed by atoms with van der Waals surface area (Å²) in [5.41, 5.74) is 1.95. The highest BCUT2D eigenvalue weighted by molar-refractivity contribution is 5.45. The van der Waals surface area contributed by atoms with Crippen molar-refractivity contribution >= 4 is 5.69 Å². The second kappa shape index (κ2) is 6.61. The quantitative estimate of drug-likeness (QED) is 0.741. The summed E-state index contributed by atoms with van der Waals surface area (Å²) in [6.45, 7) is 9.38. The van der Waals surface area contributed by atoms with E-state index in [2.05, 4.69) is 29.2 Å². The van der Waals surface area contributed by atoms with Gasteiger partial charge in [0.1, 0.15) is 0 Å². The Hall–Kier alpha value is -1.07. The van der Waals surface area contributed by atoms with Crippen molar-refractivity contribution in [1.82, 2.24) is 14.7 Å². The molecular weight excluding hydrogens is 216 g/mol. The molecule has 0 fully saturated rings. The molecule has 1 rings (SSSR count). The van der Waals surface area contributed by atoms with Crippen LogP contribution in [0, 0.1) is 6.92 Å². The Morgan fingerprint density at radius 3 is 2.59 bits per heavy atom. The number of aryl methyl sites for hydroxylation is 2. The summed E-state index contributed by atoms with van der Waals surface area (Å²) in [4.78, 5) is 2.21. The van der Waals surface area contributed by atoms with E-state index in [1.54, 1.807) is 4.68 Å². The van der Waals surface area contributed by atoms with Crippen molar-refractivity contribution in [2.45, 2.75) is 26.9 Å². The minimum absolute atomic E-state index is 0.352. The number of aromatic nitrogens is 2. The van der Waals surface area contributed by atoms with E-state index in [1.165, 1.54) is 0 Å². The van der Waals surface area contributed by atoms with Gasteiger partial charge in [-0.05, 0) is 20.0 Å². The SMILES string of the molecule is CCN(CC)CC(O)CNc1cn(C)nc1C. The van der Waals surface area contributed by atoms with Crippen LogP contribution in [-0.4, -0.2) is 52.1 Å². The Kier molecular flexibility index (Phi) is 5.44. The zero-order chi connectivity index (χ0) is 12.8. The molecule has 0 bridgehead atoms. The van der Waals surface area contributed by atoms with Crippen LogP contribution in [0.2, 0.25) is 0 Å². The molecule has 0 aliphatic carbocycles. The Balaban J connectivity index is 2.37. The van der Waals surface area contributed by atoms with E-state index in [-0.39, 0.29) is 6.10 Å². The summed E-state index contributed by atoms with van der Waals surface area (Å²) in [5, 5.41) is 17.4. The fraction of sp³-hybridized carbons (Fsp3) is 0.750. The van der Waals surface area contributed by atoms with Crippen molar-refractivity contribution < 1.29 is 5.11 Å². The first-order valence-electron chi connectivity index (χ1n) is 6.21. The molecular formula is C12H24N4O. The Labute approximate surface area is 103 Å². The maximum Gasteiger partial charge on any atom is 0.0839 e. The summed E-state index contributed by atoms with van der Waals surface area (Å²) in [6, 6.07) is 0. The predicted molar refractivity (Wildman–Crippen MR) is 70.2 cm³/mol. The zero-order valence-corrected chi connectivity index (χ0v) is 11.3. The molecule has 98 valence electrons. The number of aliphatic hydroxyl groups is 1. The zero-order valence-electron chi connectivity index (χ0n) is 11.3. The average Bonchev–Trinajstić information content (AvgIpc) is 2.62. The first kappa shape index (κ1) is 14.0. The second-order valence-electron chi connectivity index (χ2n) is 4.32. The number of aliphatic hydroxyl groups excluding tert-OH is 1. The molecule has 0 amide bonds. The van der Waals surface area contributed by atoms with E-state index < -0.39 is 0 Å². The van der Waals surface area contributed by atoms with Crippen LogP contribution in [0.3, 0.4) is 0 Å². The third kappa shape index (κ3) is 4.36. The fourth-order valence-electron chi connectivity index (χ4n) is 1.85. The van der Waals surface area contributed by atoms with E-state index >= 15 is 0 Å². The Morgan fingerprint density at radius 1 is 1.47 bits per heavy atom. The molecule has 2 N–H and O–H groups in total. The lowest BCUT2D eigenvalue weighted by Gasteiger charge is -2.22. The minimum atomic E-state index is -0.352. The van der Waals surface area contributed by atoms with E-state index in [4.69, 9.17) is 0 Å². The minimum Gasteiger partial charge on any atom is -0.390 e.